The van der Waals surface area contributed by atoms with Crippen molar-refractivity contribution in [3.8, 4) is 0 Å². The van der Waals surface area contributed by atoms with Crippen LogP contribution in [0.15, 0.2) is 28.7 Å². The van der Waals surface area contributed by atoms with Crippen LogP contribution >= 0.6 is 12.4 Å². The van der Waals surface area contributed by atoms with Crippen LogP contribution in [-0.4, -0.2) is 19.1 Å². The Bertz CT molecular complexity index is 536. The van der Waals surface area contributed by atoms with E-state index in [1.807, 2.05) is 18.2 Å². The summed E-state index contributed by atoms with van der Waals surface area (Å²) in [6.07, 6.45) is 0.815. The number of hydrogen-bond acceptors (Lipinski definition) is 4. The van der Waals surface area contributed by atoms with Crippen LogP contribution in [0.25, 0.3) is 11.0 Å². The Labute approximate surface area is 112 Å². The maximum absolute atomic E-state index is 11.5. The lowest BCUT2D eigenvalue weighted by molar-refractivity contribution is 0.0492. The van der Waals surface area contributed by atoms with Gasteiger partial charge in [0.2, 0.25) is 5.76 Å². The minimum absolute atomic E-state index is 0. The molecule has 0 aliphatic carbocycles. The molecule has 1 aromatic carbocycles. The van der Waals surface area contributed by atoms with Gasteiger partial charge in [-0.05, 0) is 43.7 Å². The number of nitrogens with two attached hydrogens (primary N) is 1. The molecule has 2 rings (SSSR count). The molecule has 0 amide bonds. The van der Waals surface area contributed by atoms with Crippen molar-refractivity contribution in [3.05, 3.63) is 35.6 Å². The molecule has 1 aromatic heterocycles. The third-order valence-electron chi connectivity index (χ3n) is 2.49. The quantitative estimate of drug-likeness (QED) is 0.866. The highest BCUT2D eigenvalue weighted by atomic mass is 35.5. The summed E-state index contributed by atoms with van der Waals surface area (Å²) in [6, 6.07) is 7.48. The Balaban J connectivity index is 0.00000162. The van der Waals surface area contributed by atoms with Crippen molar-refractivity contribution in [2.45, 2.75) is 13.3 Å². The van der Waals surface area contributed by atoms with E-state index in [0.29, 0.717) is 18.7 Å². The molecule has 0 aliphatic heterocycles. The van der Waals surface area contributed by atoms with Gasteiger partial charge in [0.15, 0.2) is 0 Å². The lowest BCUT2D eigenvalue weighted by Gasteiger charge is -1.96. The molecular weight excluding hydrogens is 254 g/mol. The predicted octanol–water partition coefficient (Wildman–Crippen LogP) is 2.53. The summed E-state index contributed by atoms with van der Waals surface area (Å²) in [6.45, 7) is 2.71. The lowest BCUT2D eigenvalue weighted by atomic mass is 10.1. The van der Waals surface area contributed by atoms with Crippen molar-refractivity contribution in [2.75, 3.05) is 13.2 Å². The molecule has 0 spiro atoms. The molecule has 0 saturated carbocycles. The van der Waals surface area contributed by atoms with Gasteiger partial charge in [0.25, 0.3) is 0 Å². The number of halogens is 1. The number of benzene rings is 1. The second-order valence-corrected chi connectivity index (χ2v) is 3.74. The molecule has 0 radical (unpaired) electrons. The van der Waals surface area contributed by atoms with Gasteiger partial charge in [0, 0.05) is 5.39 Å². The average molecular weight is 270 g/mol. The molecule has 1 heterocycles. The first-order chi connectivity index (χ1) is 8.24. The van der Waals surface area contributed by atoms with Gasteiger partial charge in [0.05, 0.1) is 6.61 Å². The highest BCUT2D eigenvalue weighted by molar-refractivity contribution is 5.92. The third kappa shape index (κ3) is 3.03. The van der Waals surface area contributed by atoms with E-state index < -0.39 is 5.97 Å². The fourth-order valence-electron chi connectivity index (χ4n) is 1.72. The Morgan fingerprint density at radius 3 is 2.83 bits per heavy atom. The molecule has 5 heteroatoms. The molecule has 2 aromatic rings. The number of ether oxygens (including phenoxy) is 1. The predicted molar refractivity (Wildman–Crippen MR) is 72.2 cm³/mol. The van der Waals surface area contributed by atoms with Crippen LogP contribution in [0.2, 0.25) is 0 Å². The van der Waals surface area contributed by atoms with Gasteiger partial charge in [0.1, 0.15) is 5.58 Å². The van der Waals surface area contributed by atoms with Crippen LogP contribution < -0.4 is 5.73 Å². The summed E-state index contributed by atoms with van der Waals surface area (Å²) < 4.78 is 10.3. The van der Waals surface area contributed by atoms with Crippen LogP contribution in [0.4, 0.5) is 0 Å². The van der Waals surface area contributed by atoms with E-state index in [1.165, 1.54) is 0 Å². The van der Waals surface area contributed by atoms with E-state index in [0.717, 1.165) is 17.4 Å². The maximum Gasteiger partial charge on any atom is 0.374 e. The minimum Gasteiger partial charge on any atom is -0.460 e. The van der Waals surface area contributed by atoms with Crippen LogP contribution in [0.1, 0.15) is 23.0 Å². The van der Waals surface area contributed by atoms with Crippen molar-refractivity contribution in [1.82, 2.24) is 0 Å². The Hall–Kier alpha value is -1.52. The van der Waals surface area contributed by atoms with Gasteiger partial charge in [-0.1, -0.05) is 6.07 Å². The monoisotopic (exact) mass is 269 g/mol. The van der Waals surface area contributed by atoms with E-state index in [1.54, 1.807) is 13.0 Å². The highest BCUT2D eigenvalue weighted by Crippen LogP contribution is 2.21. The molecule has 2 N–H and O–H groups in total. The first-order valence-electron chi connectivity index (χ1n) is 5.64. The van der Waals surface area contributed by atoms with Crippen LogP contribution in [0.3, 0.4) is 0 Å². The standard InChI is InChI=1S/C13H15NO3.ClH/c1-2-16-13(15)12-8-10-7-9(5-6-14)3-4-11(10)17-12;/h3-4,7-8H,2,5-6,14H2,1H3;1H. The summed E-state index contributed by atoms with van der Waals surface area (Å²) in [5.74, 6) is -0.184. The number of rotatable bonds is 4. The van der Waals surface area contributed by atoms with Gasteiger partial charge < -0.3 is 14.9 Å². The molecule has 0 unspecified atom stereocenters. The normalized spacial score (nSPS) is 10.1. The summed E-state index contributed by atoms with van der Waals surface area (Å²) >= 11 is 0. The molecule has 0 aliphatic rings. The molecule has 0 bridgehead atoms. The van der Waals surface area contributed by atoms with E-state index >= 15 is 0 Å². The van der Waals surface area contributed by atoms with Crippen molar-refractivity contribution in [3.63, 3.8) is 0 Å². The number of carbonyl (C=O) groups is 1. The molecular formula is C13H16ClNO3. The fraction of sp³-hybridized carbons (Fsp3) is 0.308. The zero-order valence-electron chi connectivity index (χ0n) is 10.1. The van der Waals surface area contributed by atoms with Crippen LogP contribution in [0.5, 0.6) is 0 Å². The smallest absolute Gasteiger partial charge is 0.374 e. The molecule has 18 heavy (non-hydrogen) atoms. The number of hydrogen-bond donors (Lipinski definition) is 1. The zero-order chi connectivity index (χ0) is 12.3. The Kier molecular flexibility index (Phi) is 5.19. The van der Waals surface area contributed by atoms with E-state index in [-0.39, 0.29) is 18.2 Å². The maximum atomic E-state index is 11.5. The van der Waals surface area contributed by atoms with E-state index in [9.17, 15) is 4.79 Å². The van der Waals surface area contributed by atoms with Gasteiger partial charge >= 0.3 is 5.97 Å². The molecule has 0 saturated heterocycles. The number of carbonyl (C=O) groups excluding carboxylic acids is 1. The van der Waals surface area contributed by atoms with E-state index in [2.05, 4.69) is 0 Å². The second kappa shape index (κ2) is 6.42. The Morgan fingerprint density at radius 1 is 1.39 bits per heavy atom. The third-order valence-corrected chi connectivity index (χ3v) is 2.49. The highest BCUT2D eigenvalue weighted by Gasteiger charge is 2.13. The molecule has 98 valence electrons. The Morgan fingerprint density at radius 2 is 2.17 bits per heavy atom. The summed E-state index contributed by atoms with van der Waals surface area (Å²) in [7, 11) is 0. The number of fused-ring (bicyclic) bond motifs is 1. The summed E-state index contributed by atoms with van der Waals surface area (Å²) in [5, 5.41) is 0.902. The van der Waals surface area contributed by atoms with Gasteiger partial charge in [-0.2, -0.15) is 0 Å². The fourth-order valence-corrected chi connectivity index (χ4v) is 1.72. The summed E-state index contributed by atoms with van der Waals surface area (Å²) in [4.78, 5) is 11.5. The van der Waals surface area contributed by atoms with Gasteiger partial charge in [-0.3, -0.25) is 0 Å². The molecule has 0 fully saturated rings. The largest absolute Gasteiger partial charge is 0.460 e. The van der Waals surface area contributed by atoms with E-state index in [4.69, 9.17) is 14.9 Å². The molecule has 0 atom stereocenters. The first-order valence-corrected chi connectivity index (χ1v) is 5.64. The van der Waals surface area contributed by atoms with Gasteiger partial charge in [-0.15, -0.1) is 12.4 Å². The van der Waals surface area contributed by atoms with Crippen molar-refractivity contribution >= 4 is 29.3 Å². The van der Waals surface area contributed by atoms with Crippen molar-refractivity contribution in [1.29, 1.82) is 0 Å². The topological polar surface area (TPSA) is 65.5 Å². The number of furan rings is 1. The van der Waals surface area contributed by atoms with Crippen molar-refractivity contribution < 1.29 is 13.9 Å². The number of esters is 1. The first kappa shape index (κ1) is 14.5. The second-order valence-electron chi connectivity index (χ2n) is 3.74. The van der Waals surface area contributed by atoms with Crippen LogP contribution in [0, 0.1) is 0 Å². The SMILES string of the molecule is CCOC(=O)c1cc2cc(CCN)ccc2o1.Cl. The van der Waals surface area contributed by atoms with Crippen molar-refractivity contribution in [2.24, 2.45) is 5.73 Å². The minimum atomic E-state index is -0.427. The summed E-state index contributed by atoms with van der Waals surface area (Å²) in [5.41, 5.74) is 7.32. The van der Waals surface area contributed by atoms with Gasteiger partial charge in [-0.25, -0.2) is 4.79 Å². The average Bonchev–Trinajstić information content (AvgIpc) is 2.73. The van der Waals surface area contributed by atoms with Crippen LogP contribution in [-0.2, 0) is 11.2 Å². The zero-order valence-corrected chi connectivity index (χ0v) is 11.0. The molecule has 4 nitrogen and oxygen atoms in total. The lowest BCUT2D eigenvalue weighted by Crippen LogP contribution is -2.02.